The molecule has 156 valence electrons. The van der Waals surface area contributed by atoms with Gasteiger partial charge >= 0.3 is 0 Å². The van der Waals surface area contributed by atoms with Gasteiger partial charge in [0.25, 0.3) is 5.69 Å². The molecule has 12 heteroatoms. The lowest BCUT2D eigenvalue weighted by Crippen LogP contribution is -2.38. The van der Waals surface area contributed by atoms with E-state index in [1.165, 1.54) is 6.07 Å². The fourth-order valence-corrected chi connectivity index (χ4v) is 3.94. The van der Waals surface area contributed by atoms with Crippen LogP contribution in [0.15, 0.2) is 41.3 Å². The maximum Gasteiger partial charge on any atom is 0.270 e. The molecule has 0 aliphatic rings. The predicted octanol–water partition coefficient (Wildman–Crippen LogP) is 3.05. The van der Waals surface area contributed by atoms with Gasteiger partial charge in [0.2, 0.25) is 15.9 Å². The topological polar surface area (TPSA) is 110 Å². The van der Waals surface area contributed by atoms with Gasteiger partial charge in [-0.15, -0.1) is 0 Å². The van der Waals surface area contributed by atoms with Gasteiger partial charge in [-0.3, -0.25) is 14.9 Å². The molecule has 0 spiro atoms. The number of hydrogen-bond donors (Lipinski definition) is 1. The highest BCUT2D eigenvalue weighted by Crippen LogP contribution is 2.22. The first-order valence-corrected chi connectivity index (χ1v) is 9.70. The van der Waals surface area contributed by atoms with Crippen LogP contribution >= 0.6 is 0 Å². The van der Waals surface area contributed by atoms with E-state index in [0.29, 0.717) is 12.5 Å². The smallest absolute Gasteiger partial charge is 0.270 e. The van der Waals surface area contributed by atoms with E-state index in [2.05, 4.69) is 0 Å². The van der Waals surface area contributed by atoms with Crippen LogP contribution < -0.4 is 5.32 Å². The summed E-state index contributed by atoms with van der Waals surface area (Å²) in [4.78, 5) is 21.9. The summed E-state index contributed by atoms with van der Waals surface area (Å²) in [5.74, 6) is -5.85. The molecule has 0 aliphatic carbocycles. The van der Waals surface area contributed by atoms with Crippen LogP contribution in [0.1, 0.15) is 13.3 Å². The number of benzene rings is 2. The largest absolute Gasteiger partial charge is 0.322 e. The molecule has 0 bridgehead atoms. The molecule has 2 aromatic carbocycles. The van der Waals surface area contributed by atoms with Crippen molar-refractivity contribution < 1.29 is 31.3 Å². The number of nitrogens with one attached hydrogen (secondary N) is 1. The Morgan fingerprint density at radius 2 is 1.86 bits per heavy atom. The monoisotopic (exact) mass is 431 g/mol. The number of carbonyl (C=O) groups is 1. The molecule has 2 aromatic rings. The van der Waals surface area contributed by atoms with Gasteiger partial charge in [-0.05, 0) is 24.6 Å². The molecule has 0 aromatic heterocycles. The second-order valence-corrected chi connectivity index (χ2v) is 7.80. The SMILES string of the molecule is CCCN(CC(=O)Nc1ccc(F)c(F)c1F)S(=O)(=O)c1cccc([N+](=O)[O-])c1. The van der Waals surface area contributed by atoms with Crippen molar-refractivity contribution in [3.05, 3.63) is 64.0 Å². The average Bonchev–Trinajstić information content (AvgIpc) is 2.68. The van der Waals surface area contributed by atoms with Crippen LogP contribution in [-0.2, 0) is 14.8 Å². The lowest BCUT2D eigenvalue weighted by Gasteiger charge is -2.21. The van der Waals surface area contributed by atoms with Gasteiger partial charge < -0.3 is 5.32 Å². The van der Waals surface area contributed by atoms with Crippen LogP contribution in [0.3, 0.4) is 0 Å². The number of anilines is 1. The van der Waals surface area contributed by atoms with Crippen LogP contribution in [0.4, 0.5) is 24.5 Å². The first-order chi connectivity index (χ1) is 13.6. The molecule has 0 saturated carbocycles. The van der Waals surface area contributed by atoms with Gasteiger partial charge in [0.1, 0.15) is 0 Å². The Kier molecular flexibility index (Phi) is 6.93. The Morgan fingerprint density at radius 1 is 1.17 bits per heavy atom. The third-order valence-electron chi connectivity index (χ3n) is 3.77. The summed E-state index contributed by atoms with van der Waals surface area (Å²) in [6.45, 7) is 0.763. The number of sulfonamides is 1. The standard InChI is InChI=1S/C17H16F3N3O5S/c1-2-8-22(29(27,28)12-5-3-4-11(9-12)23(25)26)10-15(24)21-14-7-6-13(18)16(19)17(14)20/h3-7,9H,2,8,10H2,1H3,(H,21,24). The van der Waals surface area contributed by atoms with E-state index in [0.717, 1.165) is 28.6 Å². The van der Waals surface area contributed by atoms with E-state index in [9.17, 15) is 36.5 Å². The third-order valence-corrected chi connectivity index (χ3v) is 5.61. The van der Waals surface area contributed by atoms with Crippen molar-refractivity contribution in [1.29, 1.82) is 0 Å². The summed E-state index contributed by atoms with van der Waals surface area (Å²) in [5.41, 5.74) is -1.10. The highest BCUT2D eigenvalue weighted by Gasteiger charge is 2.28. The molecular weight excluding hydrogens is 415 g/mol. The van der Waals surface area contributed by atoms with Crippen molar-refractivity contribution >= 4 is 27.3 Å². The number of rotatable bonds is 8. The van der Waals surface area contributed by atoms with Gasteiger partial charge in [-0.25, -0.2) is 21.6 Å². The number of hydrogen-bond acceptors (Lipinski definition) is 5. The number of nitro benzene ring substituents is 1. The van der Waals surface area contributed by atoms with Gasteiger partial charge in [0, 0.05) is 18.7 Å². The Balaban J connectivity index is 2.27. The van der Waals surface area contributed by atoms with Crippen molar-refractivity contribution in [3.63, 3.8) is 0 Å². The molecule has 0 unspecified atom stereocenters. The first-order valence-electron chi connectivity index (χ1n) is 8.26. The van der Waals surface area contributed by atoms with Crippen molar-refractivity contribution in [2.45, 2.75) is 18.2 Å². The molecule has 1 N–H and O–H groups in total. The average molecular weight is 431 g/mol. The lowest BCUT2D eigenvalue weighted by molar-refractivity contribution is -0.385. The summed E-state index contributed by atoms with van der Waals surface area (Å²) in [6, 6.07) is 5.69. The second kappa shape index (κ2) is 9.01. The number of nitrogens with zero attached hydrogens (tertiary/aromatic N) is 2. The van der Waals surface area contributed by atoms with E-state index in [4.69, 9.17) is 0 Å². The molecule has 0 radical (unpaired) electrons. The van der Waals surface area contributed by atoms with Crippen molar-refractivity contribution in [3.8, 4) is 0 Å². The predicted molar refractivity (Wildman–Crippen MR) is 97.1 cm³/mol. The van der Waals surface area contributed by atoms with Crippen LogP contribution in [0.2, 0.25) is 0 Å². The lowest BCUT2D eigenvalue weighted by atomic mass is 10.2. The third kappa shape index (κ3) is 5.09. The molecule has 0 aliphatic heterocycles. The van der Waals surface area contributed by atoms with E-state index in [-0.39, 0.29) is 6.54 Å². The molecule has 0 saturated heterocycles. The number of halogens is 3. The van der Waals surface area contributed by atoms with Crippen molar-refractivity contribution in [1.82, 2.24) is 4.31 Å². The summed E-state index contributed by atoms with van der Waals surface area (Å²) in [7, 11) is -4.29. The fraction of sp³-hybridized carbons (Fsp3) is 0.235. The van der Waals surface area contributed by atoms with E-state index >= 15 is 0 Å². The quantitative estimate of drug-likeness (QED) is 0.393. The van der Waals surface area contributed by atoms with Crippen LogP contribution in [0.25, 0.3) is 0 Å². The van der Waals surface area contributed by atoms with Gasteiger partial charge in [-0.1, -0.05) is 13.0 Å². The van der Waals surface area contributed by atoms with E-state index < -0.39 is 61.1 Å². The molecule has 1 amide bonds. The van der Waals surface area contributed by atoms with Crippen LogP contribution in [-0.4, -0.2) is 36.6 Å². The zero-order valence-electron chi connectivity index (χ0n) is 15.1. The molecule has 8 nitrogen and oxygen atoms in total. The Labute approximate surface area is 164 Å². The Hall–Kier alpha value is -2.99. The minimum Gasteiger partial charge on any atom is -0.322 e. The second-order valence-electron chi connectivity index (χ2n) is 5.86. The van der Waals surface area contributed by atoms with Crippen molar-refractivity contribution in [2.24, 2.45) is 0 Å². The molecule has 0 heterocycles. The molecule has 29 heavy (non-hydrogen) atoms. The van der Waals surface area contributed by atoms with Gasteiger partial charge in [0.05, 0.1) is 22.1 Å². The zero-order valence-corrected chi connectivity index (χ0v) is 15.9. The maximum atomic E-state index is 13.7. The number of nitro groups is 1. The van der Waals surface area contributed by atoms with Crippen LogP contribution in [0, 0.1) is 27.6 Å². The highest BCUT2D eigenvalue weighted by atomic mass is 32.2. The Morgan fingerprint density at radius 3 is 2.48 bits per heavy atom. The first kappa shape index (κ1) is 22.3. The highest BCUT2D eigenvalue weighted by molar-refractivity contribution is 7.89. The van der Waals surface area contributed by atoms with Crippen molar-refractivity contribution in [2.75, 3.05) is 18.4 Å². The zero-order chi connectivity index (χ0) is 21.8. The van der Waals surface area contributed by atoms with Crippen LogP contribution in [0.5, 0.6) is 0 Å². The maximum absolute atomic E-state index is 13.7. The number of carbonyl (C=O) groups excluding carboxylic acids is 1. The molecule has 0 fully saturated rings. The van der Waals surface area contributed by atoms with E-state index in [1.54, 1.807) is 6.92 Å². The summed E-state index contributed by atoms with van der Waals surface area (Å²) in [6.07, 6.45) is 0.307. The number of amides is 1. The fourth-order valence-electron chi connectivity index (χ4n) is 2.41. The van der Waals surface area contributed by atoms with Gasteiger partial charge in [0.15, 0.2) is 17.5 Å². The molecule has 0 atom stereocenters. The minimum atomic E-state index is -4.29. The molecule has 2 rings (SSSR count). The summed E-state index contributed by atoms with van der Waals surface area (Å²) >= 11 is 0. The summed E-state index contributed by atoms with van der Waals surface area (Å²) < 4.78 is 66.3. The van der Waals surface area contributed by atoms with Gasteiger partial charge in [-0.2, -0.15) is 4.31 Å². The summed E-state index contributed by atoms with van der Waals surface area (Å²) in [5, 5.41) is 12.9. The normalized spacial score (nSPS) is 11.5. The minimum absolute atomic E-state index is 0.112. The van der Waals surface area contributed by atoms with E-state index in [1.807, 2.05) is 5.32 Å². The Bertz CT molecular complexity index is 1050. The molecular formula is C17H16F3N3O5S. The number of non-ortho nitro benzene ring substituents is 1.